The Morgan fingerprint density at radius 3 is 2.68 bits per heavy atom. The summed E-state index contributed by atoms with van der Waals surface area (Å²) < 4.78 is 10.2. The van der Waals surface area contributed by atoms with Gasteiger partial charge in [-0.1, -0.05) is 11.6 Å². The normalized spacial score (nSPS) is 10.3. The van der Waals surface area contributed by atoms with Crippen molar-refractivity contribution in [2.24, 2.45) is 0 Å². The molecular weight excluding hydrogens is 270 g/mol. The van der Waals surface area contributed by atoms with Gasteiger partial charge in [0.25, 0.3) is 0 Å². The van der Waals surface area contributed by atoms with Gasteiger partial charge in [0.15, 0.2) is 0 Å². The third kappa shape index (κ3) is 2.85. The van der Waals surface area contributed by atoms with E-state index in [0.717, 1.165) is 5.56 Å². The lowest BCUT2D eigenvalue weighted by Crippen LogP contribution is -2.13. The molecule has 1 heterocycles. The van der Waals surface area contributed by atoms with Crippen LogP contribution in [0, 0.1) is 13.8 Å². The zero-order valence-corrected chi connectivity index (χ0v) is 11.4. The van der Waals surface area contributed by atoms with Gasteiger partial charge in [0.2, 0.25) is 5.89 Å². The largest absolute Gasteiger partial charge is 0.495 e. The number of ether oxygens (including phenoxy) is 1. The molecular formula is C12H12ClN3O3. The molecule has 0 atom stereocenters. The molecule has 1 aromatic carbocycles. The Morgan fingerprint density at radius 2 is 2.11 bits per heavy atom. The van der Waals surface area contributed by atoms with Crippen molar-refractivity contribution in [3.63, 3.8) is 0 Å². The maximum atomic E-state index is 11.9. The number of nitrogens with one attached hydrogen (secondary N) is 1. The highest BCUT2D eigenvalue weighted by Gasteiger charge is 2.16. The first-order valence-corrected chi connectivity index (χ1v) is 5.84. The van der Waals surface area contributed by atoms with E-state index in [-0.39, 0.29) is 5.89 Å². The smallest absolute Gasteiger partial charge is 0.313 e. The maximum Gasteiger partial charge on any atom is 0.313 e. The lowest BCUT2D eigenvalue weighted by molar-refractivity contribution is 0.0988. The van der Waals surface area contributed by atoms with Gasteiger partial charge in [-0.2, -0.15) is 0 Å². The van der Waals surface area contributed by atoms with E-state index in [0.29, 0.717) is 22.4 Å². The van der Waals surface area contributed by atoms with E-state index < -0.39 is 5.91 Å². The molecule has 19 heavy (non-hydrogen) atoms. The average molecular weight is 282 g/mol. The molecule has 2 aromatic rings. The predicted molar refractivity (Wildman–Crippen MR) is 69.7 cm³/mol. The highest BCUT2D eigenvalue weighted by Crippen LogP contribution is 2.31. The third-order valence-electron chi connectivity index (χ3n) is 2.45. The first kappa shape index (κ1) is 13.4. The minimum atomic E-state index is -0.499. The Kier molecular flexibility index (Phi) is 3.71. The molecule has 100 valence electrons. The number of methoxy groups -OCH3 is 1. The number of anilines is 1. The van der Waals surface area contributed by atoms with Crippen LogP contribution in [0.15, 0.2) is 16.5 Å². The van der Waals surface area contributed by atoms with Crippen LogP contribution in [0.5, 0.6) is 5.75 Å². The van der Waals surface area contributed by atoms with Crippen molar-refractivity contribution in [3.8, 4) is 5.75 Å². The van der Waals surface area contributed by atoms with Gasteiger partial charge in [0, 0.05) is 18.0 Å². The number of hydrogen-bond acceptors (Lipinski definition) is 5. The lowest BCUT2D eigenvalue weighted by atomic mass is 10.2. The molecule has 0 saturated heterocycles. The number of aromatic nitrogens is 2. The number of hydrogen-bond donors (Lipinski definition) is 1. The summed E-state index contributed by atoms with van der Waals surface area (Å²) in [7, 11) is 1.49. The Bertz CT molecular complexity index is 625. The van der Waals surface area contributed by atoms with E-state index in [1.807, 2.05) is 6.92 Å². The number of nitrogens with zero attached hydrogens (tertiary/aromatic N) is 2. The first-order valence-electron chi connectivity index (χ1n) is 5.47. The number of halogens is 1. The Hall–Kier alpha value is -2.08. The van der Waals surface area contributed by atoms with Crippen molar-refractivity contribution in [3.05, 3.63) is 34.5 Å². The van der Waals surface area contributed by atoms with Crippen LogP contribution in [-0.2, 0) is 0 Å². The maximum absolute atomic E-state index is 11.9. The molecule has 0 aliphatic rings. The van der Waals surface area contributed by atoms with Gasteiger partial charge in [-0.05, 0) is 18.6 Å². The van der Waals surface area contributed by atoms with Crippen molar-refractivity contribution in [1.29, 1.82) is 0 Å². The molecule has 6 nitrogen and oxygen atoms in total. The fraction of sp³-hybridized carbons (Fsp3) is 0.250. The van der Waals surface area contributed by atoms with E-state index in [2.05, 4.69) is 15.5 Å². The van der Waals surface area contributed by atoms with E-state index in [1.165, 1.54) is 7.11 Å². The number of carbonyl (C=O) groups excluding carboxylic acids is 1. The van der Waals surface area contributed by atoms with Gasteiger partial charge in [-0.25, -0.2) is 0 Å². The molecule has 7 heteroatoms. The topological polar surface area (TPSA) is 77.2 Å². The van der Waals surface area contributed by atoms with Crippen molar-refractivity contribution in [2.75, 3.05) is 12.4 Å². The summed E-state index contributed by atoms with van der Waals surface area (Å²) in [5, 5.41) is 10.4. The molecule has 1 aromatic heterocycles. The second-order valence-corrected chi connectivity index (χ2v) is 4.29. The number of benzene rings is 1. The quantitative estimate of drug-likeness (QED) is 0.936. The summed E-state index contributed by atoms with van der Waals surface area (Å²) in [6.45, 7) is 3.44. The molecule has 1 amide bonds. The van der Waals surface area contributed by atoms with Crippen LogP contribution in [0.25, 0.3) is 0 Å². The summed E-state index contributed by atoms with van der Waals surface area (Å²) in [6.07, 6.45) is 0. The van der Waals surface area contributed by atoms with Crippen molar-refractivity contribution >= 4 is 23.2 Å². The van der Waals surface area contributed by atoms with Crippen LogP contribution in [0.4, 0.5) is 5.69 Å². The Morgan fingerprint density at radius 1 is 1.37 bits per heavy atom. The van der Waals surface area contributed by atoms with Crippen LogP contribution < -0.4 is 10.1 Å². The fourth-order valence-electron chi connectivity index (χ4n) is 1.49. The van der Waals surface area contributed by atoms with Crippen molar-refractivity contribution in [2.45, 2.75) is 13.8 Å². The van der Waals surface area contributed by atoms with Crippen LogP contribution in [-0.4, -0.2) is 23.2 Å². The Labute approximate surface area is 114 Å². The molecule has 0 bridgehead atoms. The van der Waals surface area contributed by atoms with Gasteiger partial charge in [0.1, 0.15) is 5.75 Å². The highest BCUT2D eigenvalue weighted by molar-refractivity contribution is 6.31. The zero-order valence-electron chi connectivity index (χ0n) is 10.7. The number of aryl methyl sites for hydroxylation is 2. The second-order valence-electron chi connectivity index (χ2n) is 3.88. The van der Waals surface area contributed by atoms with Gasteiger partial charge in [-0.3, -0.25) is 4.79 Å². The summed E-state index contributed by atoms with van der Waals surface area (Å²) in [6, 6.07) is 3.34. The summed E-state index contributed by atoms with van der Waals surface area (Å²) in [4.78, 5) is 11.9. The monoisotopic (exact) mass is 281 g/mol. The summed E-state index contributed by atoms with van der Waals surface area (Å²) in [5.74, 6) is 0.178. The minimum Gasteiger partial charge on any atom is -0.495 e. The SMILES string of the molecule is COc1cc(Cl)c(C)cc1NC(=O)c1nnc(C)o1. The summed E-state index contributed by atoms with van der Waals surface area (Å²) in [5.41, 5.74) is 1.31. The molecule has 0 aliphatic heterocycles. The van der Waals surface area contributed by atoms with E-state index in [4.69, 9.17) is 20.8 Å². The van der Waals surface area contributed by atoms with Gasteiger partial charge < -0.3 is 14.5 Å². The zero-order chi connectivity index (χ0) is 14.0. The molecule has 0 saturated carbocycles. The van der Waals surface area contributed by atoms with E-state index in [1.54, 1.807) is 19.1 Å². The molecule has 0 spiro atoms. The van der Waals surface area contributed by atoms with Gasteiger partial charge in [-0.15, -0.1) is 10.2 Å². The molecule has 1 N–H and O–H groups in total. The van der Waals surface area contributed by atoms with Crippen molar-refractivity contribution < 1.29 is 13.9 Å². The molecule has 0 aliphatic carbocycles. The standard InChI is InChI=1S/C12H12ClN3O3/c1-6-4-9(10(18-3)5-8(6)13)14-11(17)12-16-15-7(2)19-12/h4-5H,1-3H3,(H,14,17). The van der Waals surface area contributed by atoms with Gasteiger partial charge in [0.05, 0.1) is 12.8 Å². The number of carbonyl (C=O) groups is 1. The Balaban J connectivity index is 2.28. The third-order valence-corrected chi connectivity index (χ3v) is 2.86. The van der Waals surface area contributed by atoms with Gasteiger partial charge >= 0.3 is 11.8 Å². The predicted octanol–water partition coefficient (Wildman–Crippen LogP) is 2.60. The number of amides is 1. The molecule has 0 radical (unpaired) electrons. The number of rotatable bonds is 3. The van der Waals surface area contributed by atoms with Crippen LogP contribution in [0.2, 0.25) is 5.02 Å². The van der Waals surface area contributed by atoms with E-state index >= 15 is 0 Å². The fourth-order valence-corrected chi connectivity index (χ4v) is 1.65. The average Bonchev–Trinajstić information content (AvgIpc) is 2.80. The van der Waals surface area contributed by atoms with Crippen molar-refractivity contribution in [1.82, 2.24) is 10.2 Å². The van der Waals surface area contributed by atoms with Crippen LogP contribution >= 0.6 is 11.6 Å². The second kappa shape index (κ2) is 5.27. The first-order chi connectivity index (χ1) is 9.01. The molecule has 0 unspecified atom stereocenters. The van der Waals surface area contributed by atoms with Crippen LogP contribution in [0.1, 0.15) is 22.1 Å². The molecule has 0 fully saturated rings. The lowest BCUT2D eigenvalue weighted by Gasteiger charge is -2.10. The summed E-state index contributed by atoms with van der Waals surface area (Å²) >= 11 is 5.99. The van der Waals surface area contributed by atoms with Crippen LogP contribution in [0.3, 0.4) is 0 Å². The highest BCUT2D eigenvalue weighted by atomic mass is 35.5. The van der Waals surface area contributed by atoms with E-state index in [9.17, 15) is 4.79 Å². The molecule has 2 rings (SSSR count). The minimum absolute atomic E-state index is 0.104.